The van der Waals surface area contributed by atoms with Crippen molar-refractivity contribution < 1.29 is 0 Å². The van der Waals surface area contributed by atoms with Crippen LogP contribution in [0.25, 0.3) is 10.8 Å². The van der Waals surface area contributed by atoms with Crippen LogP contribution in [0.15, 0.2) is 72.8 Å². The van der Waals surface area contributed by atoms with E-state index in [9.17, 15) is 0 Å². The minimum atomic E-state index is 1.03. The van der Waals surface area contributed by atoms with Crippen molar-refractivity contribution in [2.24, 2.45) is 0 Å². The van der Waals surface area contributed by atoms with Crippen molar-refractivity contribution in [1.29, 1.82) is 0 Å². The second kappa shape index (κ2) is 7.24. The van der Waals surface area contributed by atoms with Gasteiger partial charge in [-0.05, 0) is 34.9 Å². The number of rotatable bonds is 6. The van der Waals surface area contributed by atoms with E-state index >= 15 is 0 Å². The average Bonchev–Trinajstić information content (AvgIpc) is 2.59. The Kier molecular flexibility index (Phi) is 4.87. The molecule has 0 spiro atoms. The molecule has 0 fully saturated rings. The molecule has 0 saturated heterocycles. The molecule has 0 heterocycles. The Morgan fingerprint density at radius 1 is 0.773 bits per heavy atom. The molecule has 0 atom stereocenters. The van der Waals surface area contributed by atoms with Gasteiger partial charge < -0.3 is 0 Å². The maximum Gasteiger partial charge on any atom is 0.0233 e. The van der Waals surface area contributed by atoms with Crippen molar-refractivity contribution >= 4 is 10.8 Å². The molecule has 3 aromatic rings. The van der Waals surface area contributed by atoms with Gasteiger partial charge in [-0.1, -0.05) is 79.7 Å². The third kappa shape index (κ3) is 3.55. The molecule has 0 aliphatic rings. The molecular weight excluding hydrogens is 266 g/mol. The largest absolute Gasteiger partial charge is 0.299 e. The van der Waals surface area contributed by atoms with Gasteiger partial charge in [0.2, 0.25) is 0 Å². The van der Waals surface area contributed by atoms with Gasteiger partial charge in [0.25, 0.3) is 0 Å². The van der Waals surface area contributed by atoms with Gasteiger partial charge in [0.1, 0.15) is 0 Å². The van der Waals surface area contributed by atoms with Crippen LogP contribution in [0.5, 0.6) is 0 Å². The molecular formula is C21H23N. The molecule has 0 radical (unpaired) electrons. The van der Waals surface area contributed by atoms with Crippen molar-refractivity contribution in [3.63, 3.8) is 0 Å². The van der Waals surface area contributed by atoms with Crippen molar-refractivity contribution in [3.8, 4) is 0 Å². The van der Waals surface area contributed by atoms with Crippen LogP contribution >= 0.6 is 0 Å². The van der Waals surface area contributed by atoms with Crippen molar-refractivity contribution in [3.05, 3.63) is 83.9 Å². The molecule has 1 heteroatoms. The fourth-order valence-electron chi connectivity index (χ4n) is 2.98. The van der Waals surface area contributed by atoms with E-state index in [1.165, 1.54) is 21.9 Å². The monoisotopic (exact) mass is 289 g/mol. The summed E-state index contributed by atoms with van der Waals surface area (Å²) >= 11 is 0. The SMILES string of the molecule is CCN(CCc1cccc2ccccc12)Cc1ccccc1. The highest BCUT2D eigenvalue weighted by Crippen LogP contribution is 2.19. The summed E-state index contributed by atoms with van der Waals surface area (Å²) < 4.78 is 0. The van der Waals surface area contributed by atoms with Gasteiger partial charge in [-0.25, -0.2) is 0 Å². The molecule has 1 nitrogen and oxygen atoms in total. The number of fused-ring (bicyclic) bond motifs is 1. The van der Waals surface area contributed by atoms with Crippen LogP contribution in [0.1, 0.15) is 18.1 Å². The zero-order chi connectivity index (χ0) is 15.2. The summed E-state index contributed by atoms with van der Waals surface area (Å²) in [4.78, 5) is 2.51. The Labute approximate surface area is 133 Å². The first-order valence-electron chi connectivity index (χ1n) is 8.09. The molecule has 0 aliphatic heterocycles. The van der Waals surface area contributed by atoms with E-state index in [4.69, 9.17) is 0 Å². The first kappa shape index (κ1) is 14.8. The van der Waals surface area contributed by atoms with Crippen LogP contribution in [-0.4, -0.2) is 18.0 Å². The summed E-state index contributed by atoms with van der Waals surface area (Å²) in [6.07, 6.45) is 1.10. The topological polar surface area (TPSA) is 3.24 Å². The van der Waals surface area contributed by atoms with Gasteiger partial charge >= 0.3 is 0 Å². The zero-order valence-electron chi connectivity index (χ0n) is 13.2. The first-order chi connectivity index (χ1) is 10.9. The number of hydrogen-bond acceptors (Lipinski definition) is 1. The summed E-state index contributed by atoms with van der Waals surface area (Å²) in [5.74, 6) is 0. The van der Waals surface area contributed by atoms with Crippen molar-refractivity contribution in [1.82, 2.24) is 4.90 Å². The zero-order valence-corrected chi connectivity index (χ0v) is 13.2. The molecule has 0 N–H and O–H groups in total. The third-order valence-electron chi connectivity index (χ3n) is 4.27. The minimum Gasteiger partial charge on any atom is -0.299 e. The minimum absolute atomic E-state index is 1.03. The predicted octanol–water partition coefficient (Wildman–Crippen LogP) is 4.90. The fourth-order valence-corrected chi connectivity index (χ4v) is 2.98. The van der Waals surface area contributed by atoms with Crippen LogP contribution in [0.2, 0.25) is 0 Å². The standard InChI is InChI=1S/C21H23N/c1-2-22(17-18-9-4-3-5-10-18)16-15-20-13-8-12-19-11-6-7-14-21(19)20/h3-14H,2,15-17H2,1H3. The van der Waals surface area contributed by atoms with Gasteiger partial charge in [-0.3, -0.25) is 4.90 Å². The molecule has 0 unspecified atom stereocenters. The third-order valence-corrected chi connectivity index (χ3v) is 4.27. The van der Waals surface area contributed by atoms with Gasteiger partial charge in [0, 0.05) is 13.1 Å². The number of hydrogen-bond donors (Lipinski definition) is 0. The fraction of sp³-hybridized carbons (Fsp3) is 0.238. The highest BCUT2D eigenvalue weighted by Gasteiger charge is 2.06. The molecule has 0 aromatic heterocycles. The van der Waals surface area contributed by atoms with Gasteiger partial charge in [0.05, 0.1) is 0 Å². The molecule has 3 rings (SSSR count). The average molecular weight is 289 g/mol. The van der Waals surface area contributed by atoms with E-state index in [1.54, 1.807) is 0 Å². The van der Waals surface area contributed by atoms with Crippen LogP contribution in [-0.2, 0) is 13.0 Å². The molecule has 0 amide bonds. The van der Waals surface area contributed by atoms with Crippen LogP contribution in [0.4, 0.5) is 0 Å². The van der Waals surface area contributed by atoms with E-state index in [1.807, 2.05) is 0 Å². The summed E-state index contributed by atoms with van der Waals surface area (Å²) in [5, 5.41) is 2.73. The van der Waals surface area contributed by atoms with E-state index in [0.717, 1.165) is 26.1 Å². The normalized spacial score (nSPS) is 11.2. The second-order valence-electron chi connectivity index (χ2n) is 5.74. The van der Waals surface area contributed by atoms with Gasteiger partial charge in [-0.2, -0.15) is 0 Å². The first-order valence-corrected chi connectivity index (χ1v) is 8.09. The van der Waals surface area contributed by atoms with Gasteiger partial charge in [-0.15, -0.1) is 0 Å². The molecule has 3 aromatic carbocycles. The van der Waals surface area contributed by atoms with E-state index in [-0.39, 0.29) is 0 Å². The van der Waals surface area contributed by atoms with E-state index in [2.05, 4.69) is 84.6 Å². The lowest BCUT2D eigenvalue weighted by molar-refractivity contribution is 0.284. The summed E-state index contributed by atoms with van der Waals surface area (Å²) in [6.45, 7) is 5.45. The van der Waals surface area contributed by atoms with Crippen molar-refractivity contribution in [2.45, 2.75) is 19.9 Å². The number of nitrogens with zero attached hydrogens (tertiary/aromatic N) is 1. The Morgan fingerprint density at radius 2 is 1.50 bits per heavy atom. The Balaban J connectivity index is 1.69. The Hall–Kier alpha value is -2.12. The van der Waals surface area contributed by atoms with E-state index < -0.39 is 0 Å². The maximum atomic E-state index is 2.51. The van der Waals surface area contributed by atoms with Crippen LogP contribution in [0.3, 0.4) is 0 Å². The number of likely N-dealkylation sites (N-methyl/N-ethyl adjacent to an activating group) is 1. The summed E-state index contributed by atoms with van der Waals surface area (Å²) in [7, 11) is 0. The highest BCUT2D eigenvalue weighted by atomic mass is 15.1. The molecule has 22 heavy (non-hydrogen) atoms. The molecule has 0 bridgehead atoms. The Bertz CT molecular complexity index is 713. The molecule has 112 valence electrons. The lowest BCUT2D eigenvalue weighted by Gasteiger charge is -2.21. The maximum absolute atomic E-state index is 2.51. The number of benzene rings is 3. The molecule has 0 saturated carbocycles. The smallest absolute Gasteiger partial charge is 0.0233 e. The summed E-state index contributed by atoms with van der Waals surface area (Å²) in [5.41, 5.74) is 2.84. The van der Waals surface area contributed by atoms with Crippen molar-refractivity contribution in [2.75, 3.05) is 13.1 Å². The lowest BCUT2D eigenvalue weighted by atomic mass is 10.0. The molecule has 0 aliphatic carbocycles. The highest BCUT2D eigenvalue weighted by molar-refractivity contribution is 5.85. The van der Waals surface area contributed by atoms with Gasteiger partial charge in [0.15, 0.2) is 0 Å². The Morgan fingerprint density at radius 3 is 2.32 bits per heavy atom. The predicted molar refractivity (Wildman–Crippen MR) is 95.0 cm³/mol. The van der Waals surface area contributed by atoms with Crippen LogP contribution in [0, 0.1) is 0 Å². The van der Waals surface area contributed by atoms with E-state index in [0.29, 0.717) is 0 Å². The summed E-state index contributed by atoms with van der Waals surface area (Å²) in [6, 6.07) is 26.0. The lowest BCUT2D eigenvalue weighted by Crippen LogP contribution is -2.25. The second-order valence-corrected chi connectivity index (χ2v) is 5.74. The van der Waals surface area contributed by atoms with Crippen LogP contribution < -0.4 is 0 Å². The quantitative estimate of drug-likeness (QED) is 0.623.